The van der Waals surface area contributed by atoms with Gasteiger partial charge in [0.05, 0.1) is 34.5 Å². The first-order valence-electron chi connectivity index (χ1n) is 8.02. The van der Waals surface area contributed by atoms with Crippen LogP contribution in [0.4, 0.5) is 11.4 Å². The Balaban J connectivity index is 1.87. The molecule has 2 aliphatic heterocycles. The van der Waals surface area contributed by atoms with Gasteiger partial charge >= 0.3 is 0 Å². The van der Waals surface area contributed by atoms with Crippen LogP contribution in [-0.2, 0) is 24.6 Å². The van der Waals surface area contributed by atoms with Crippen molar-refractivity contribution in [3.63, 3.8) is 0 Å². The predicted molar refractivity (Wildman–Crippen MR) is 93.5 cm³/mol. The molecule has 3 rings (SSSR count). The number of sulfonamides is 1. The maximum Gasteiger partial charge on any atom is 0.293 e. The van der Waals surface area contributed by atoms with Gasteiger partial charge in [0, 0.05) is 25.2 Å². The molecule has 0 unspecified atom stereocenters. The molecule has 2 saturated heterocycles. The van der Waals surface area contributed by atoms with E-state index >= 15 is 0 Å². The van der Waals surface area contributed by atoms with Gasteiger partial charge in [0.15, 0.2) is 9.84 Å². The monoisotopic (exact) mass is 405 g/mol. The zero-order chi connectivity index (χ0) is 18.9. The molecule has 0 radical (unpaired) electrons. The lowest BCUT2D eigenvalue weighted by molar-refractivity contribution is -0.384. The van der Waals surface area contributed by atoms with Crippen molar-refractivity contribution < 1.29 is 26.5 Å². The van der Waals surface area contributed by atoms with Gasteiger partial charge in [0.1, 0.15) is 5.69 Å². The van der Waals surface area contributed by atoms with Crippen LogP contribution >= 0.6 is 0 Å². The molecule has 0 amide bonds. The molecule has 1 N–H and O–H groups in total. The van der Waals surface area contributed by atoms with Gasteiger partial charge in [-0.25, -0.2) is 21.6 Å². The van der Waals surface area contributed by atoms with Crippen LogP contribution in [0.25, 0.3) is 0 Å². The fourth-order valence-electron chi connectivity index (χ4n) is 3.06. The summed E-state index contributed by atoms with van der Waals surface area (Å²) in [6.07, 6.45) is 0.190. The Bertz CT molecular complexity index is 908. The van der Waals surface area contributed by atoms with Gasteiger partial charge in [-0.05, 0) is 18.6 Å². The minimum atomic E-state index is -4.06. The van der Waals surface area contributed by atoms with Crippen LogP contribution < -0.4 is 9.62 Å². The molecule has 1 aromatic rings. The molecule has 0 aromatic heterocycles. The summed E-state index contributed by atoms with van der Waals surface area (Å²) < 4.78 is 55.5. The zero-order valence-corrected chi connectivity index (χ0v) is 15.5. The molecule has 2 heterocycles. The quantitative estimate of drug-likeness (QED) is 0.530. The van der Waals surface area contributed by atoms with Crippen LogP contribution in [0.15, 0.2) is 23.1 Å². The second kappa shape index (κ2) is 7.10. The van der Waals surface area contributed by atoms with Crippen molar-refractivity contribution >= 4 is 31.2 Å². The van der Waals surface area contributed by atoms with Crippen LogP contribution in [0, 0.1) is 10.1 Å². The molecule has 12 heteroatoms. The SMILES string of the molecule is O=[N+]([O-])c1cc(S(=O)(=O)N[C@H]2CCS(=O)(=O)C2)ccc1N1CCOCC1. The lowest BCUT2D eigenvalue weighted by Crippen LogP contribution is -2.37. The highest BCUT2D eigenvalue weighted by Gasteiger charge is 2.32. The molecular formula is C14H19N3O7S2. The number of nitrogens with one attached hydrogen (secondary N) is 1. The topological polar surface area (TPSA) is 136 Å². The normalized spacial score (nSPS) is 23.1. The Labute approximate surface area is 151 Å². The summed E-state index contributed by atoms with van der Waals surface area (Å²) in [7, 11) is -7.31. The molecule has 2 aliphatic rings. The standard InChI is InChI=1S/C14H19N3O7S2/c18-17(19)14-9-12(1-2-13(14)16-4-6-24-7-5-16)26(22,23)15-11-3-8-25(20,21)10-11/h1-2,9,11,15H,3-8,10H2/t11-/m0/s1. The Morgan fingerprint density at radius 1 is 1.27 bits per heavy atom. The number of ether oxygens (including phenoxy) is 1. The largest absolute Gasteiger partial charge is 0.378 e. The van der Waals surface area contributed by atoms with E-state index < -0.39 is 30.8 Å². The van der Waals surface area contributed by atoms with E-state index in [0.29, 0.717) is 32.0 Å². The van der Waals surface area contributed by atoms with Crippen molar-refractivity contribution in [2.45, 2.75) is 17.4 Å². The van der Waals surface area contributed by atoms with Gasteiger partial charge in [0.2, 0.25) is 10.0 Å². The van der Waals surface area contributed by atoms with Crippen molar-refractivity contribution in [3.8, 4) is 0 Å². The molecule has 2 fully saturated rings. The number of anilines is 1. The molecule has 0 saturated carbocycles. The molecule has 0 spiro atoms. The van der Waals surface area contributed by atoms with Gasteiger partial charge < -0.3 is 9.64 Å². The van der Waals surface area contributed by atoms with Crippen molar-refractivity contribution in [1.82, 2.24) is 4.72 Å². The lowest BCUT2D eigenvalue weighted by Gasteiger charge is -2.28. The van der Waals surface area contributed by atoms with Crippen molar-refractivity contribution in [2.75, 3.05) is 42.7 Å². The molecular weight excluding hydrogens is 386 g/mol. The highest BCUT2D eigenvalue weighted by atomic mass is 32.2. The van der Waals surface area contributed by atoms with E-state index in [1.807, 2.05) is 0 Å². The molecule has 0 aliphatic carbocycles. The number of hydrogen-bond acceptors (Lipinski definition) is 8. The number of hydrogen-bond donors (Lipinski definition) is 1. The van der Waals surface area contributed by atoms with E-state index in [4.69, 9.17) is 4.74 Å². The van der Waals surface area contributed by atoms with Gasteiger partial charge in [-0.1, -0.05) is 0 Å². The Morgan fingerprint density at radius 3 is 2.54 bits per heavy atom. The molecule has 1 aromatic carbocycles. The van der Waals surface area contributed by atoms with Crippen molar-refractivity contribution in [2.24, 2.45) is 0 Å². The Morgan fingerprint density at radius 2 is 1.96 bits per heavy atom. The third kappa shape index (κ3) is 4.14. The van der Waals surface area contributed by atoms with Crippen LogP contribution in [0.2, 0.25) is 0 Å². The van der Waals surface area contributed by atoms with Crippen LogP contribution in [0.1, 0.15) is 6.42 Å². The van der Waals surface area contributed by atoms with E-state index in [-0.39, 0.29) is 28.5 Å². The summed E-state index contributed by atoms with van der Waals surface area (Å²) in [5.74, 6) is -0.337. The number of nitro benzene ring substituents is 1. The average molecular weight is 405 g/mol. The molecule has 1 atom stereocenters. The van der Waals surface area contributed by atoms with Crippen LogP contribution in [-0.4, -0.2) is 65.6 Å². The third-order valence-electron chi connectivity index (χ3n) is 4.36. The smallest absolute Gasteiger partial charge is 0.293 e. The van der Waals surface area contributed by atoms with Crippen molar-refractivity contribution in [3.05, 3.63) is 28.3 Å². The third-order valence-corrected chi connectivity index (χ3v) is 7.65. The van der Waals surface area contributed by atoms with Gasteiger partial charge in [0.25, 0.3) is 5.69 Å². The molecule has 144 valence electrons. The lowest BCUT2D eigenvalue weighted by atomic mass is 10.2. The number of nitrogens with zero attached hydrogens (tertiary/aromatic N) is 2. The highest BCUT2D eigenvalue weighted by molar-refractivity contribution is 7.92. The second-order valence-corrected chi connectivity index (χ2v) is 10.2. The van der Waals surface area contributed by atoms with Crippen LogP contribution in [0.3, 0.4) is 0 Å². The zero-order valence-electron chi connectivity index (χ0n) is 13.8. The van der Waals surface area contributed by atoms with E-state index in [1.165, 1.54) is 12.1 Å². The van der Waals surface area contributed by atoms with Crippen molar-refractivity contribution in [1.29, 1.82) is 0 Å². The predicted octanol–water partition coefficient (Wildman–Crippen LogP) is -0.103. The van der Waals surface area contributed by atoms with Crippen LogP contribution in [0.5, 0.6) is 0 Å². The van der Waals surface area contributed by atoms with E-state index in [2.05, 4.69) is 4.72 Å². The maximum absolute atomic E-state index is 12.5. The molecule has 26 heavy (non-hydrogen) atoms. The highest BCUT2D eigenvalue weighted by Crippen LogP contribution is 2.31. The number of rotatable bonds is 5. The fraction of sp³-hybridized carbons (Fsp3) is 0.571. The minimum Gasteiger partial charge on any atom is -0.378 e. The van der Waals surface area contributed by atoms with Gasteiger partial charge in [-0.2, -0.15) is 0 Å². The maximum atomic E-state index is 12.5. The number of benzene rings is 1. The van der Waals surface area contributed by atoms with Gasteiger partial charge in [-0.15, -0.1) is 0 Å². The first-order chi connectivity index (χ1) is 12.2. The fourth-order valence-corrected chi connectivity index (χ4v) is 6.13. The van der Waals surface area contributed by atoms with E-state index in [0.717, 1.165) is 6.07 Å². The van der Waals surface area contributed by atoms with E-state index in [9.17, 15) is 26.9 Å². The Kier molecular flexibility index (Phi) is 5.19. The summed E-state index contributed by atoms with van der Waals surface area (Å²) in [5, 5.41) is 11.4. The average Bonchev–Trinajstić information content (AvgIpc) is 2.93. The van der Waals surface area contributed by atoms with Gasteiger partial charge in [-0.3, -0.25) is 10.1 Å². The summed E-state index contributed by atoms with van der Waals surface area (Å²) >= 11 is 0. The summed E-state index contributed by atoms with van der Waals surface area (Å²) in [5.41, 5.74) is 0.0227. The molecule has 10 nitrogen and oxygen atoms in total. The first kappa shape index (κ1) is 19.0. The first-order valence-corrected chi connectivity index (χ1v) is 11.3. The second-order valence-electron chi connectivity index (χ2n) is 6.23. The molecule has 0 bridgehead atoms. The summed E-state index contributed by atoms with van der Waals surface area (Å²) in [6, 6.07) is 2.99. The number of nitro groups is 1. The number of sulfone groups is 1. The Hall–Kier alpha value is -1.76. The number of morpholine rings is 1. The minimum absolute atomic E-state index is 0.0731. The summed E-state index contributed by atoms with van der Waals surface area (Å²) in [6.45, 7) is 1.83. The van der Waals surface area contributed by atoms with E-state index in [1.54, 1.807) is 4.90 Å². The summed E-state index contributed by atoms with van der Waals surface area (Å²) in [4.78, 5) is 12.3.